The maximum Gasteiger partial charge on any atom is 0.318 e. The molecule has 6 nitrogen and oxygen atoms in total. The van der Waals surface area contributed by atoms with Gasteiger partial charge in [-0.25, -0.2) is 0 Å². The second-order valence-corrected chi connectivity index (χ2v) is 7.16. The van der Waals surface area contributed by atoms with E-state index < -0.39 is 0 Å². The Morgan fingerprint density at radius 2 is 1.84 bits per heavy atom. The summed E-state index contributed by atoms with van der Waals surface area (Å²) in [6.07, 6.45) is 3.98. The third kappa shape index (κ3) is 3.13. The predicted octanol–water partition coefficient (Wildman–Crippen LogP) is 2.76. The van der Waals surface area contributed by atoms with Crippen molar-refractivity contribution in [2.45, 2.75) is 32.6 Å². The molecule has 2 aromatic rings. The first-order valence-corrected chi connectivity index (χ1v) is 9.11. The van der Waals surface area contributed by atoms with E-state index in [0.717, 1.165) is 57.4 Å². The molecule has 1 aromatic heterocycles. The van der Waals surface area contributed by atoms with Gasteiger partial charge in [0.2, 0.25) is 5.89 Å². The maximum atomic E-state index is 12.7. The number of benzene rings is 1. The van der Waals surface area contributed by atoms with Crippen LogP contribution in [0.5, 0.6) is 0 Å². The largest absolute Gasteiger partial charge is 0.408 e. The van der Waals surface area contributed by atoms with Crippen molar-refractivity contribution in [2.75, 3.05) is 31.1 Å². The topological polar surface area (TPSA) is 62.5 Å². The molecular formula is C19H24N4O2. The summed E-state index contributed by atoms with van der Waals surface area (Å²) in [6, 6.07) is 10.2. The lowest BCUT2D eigenvalue weighted by Crippen LogP contribution is -2.42. The molecule has 0 unspecified atom stereocenters. The molecule has 132 valence electrons. The van der Waals surface area contributed by atoms with Gasteiger partial charge in [0, 0.05) is 38.2 Å². The Morgan fingerprint density at radius 3 is 2.52 bits per heavy atom. The second-order valence-electron chi connectivity index (χ2n) is 7.16. The van der Waals surface area contributed by atoms with Crippen molar-refractivity contribution in [2.24, 2.45) is 5.41 Å². The van der Waals surface area contributed by atoms with Gasteiger partial charge in [0.05, 0.1) is 0 Å². The van der Waals surface area contributed by atoms with Crippen LogP contribution in [0.15, 0.2) is 34.7 Å². The summed E-state index contributed by atoms with van der Waals surface area (Å²) in [4.78, 5) is 16.9. The number of aryl methyl sites for hydroxylation is 1. The molecule has 0 atom stereocenters. The highest BCUT2D eigenvalue weighted by Crippen LogP contribution is 2.41. The number of anilines is 1. The molecule has 0 aliphatic carbocycles. The monoisotopic (exact) mass is 340 g/mol. The Hall–Kier alpha value is -2.37. The van der Waals surface area contributed by atoms with Crippen LogP contribution in [0.25, 0.3) is 0 Å². The number of amides is 1. The minimum atomic E-state index is 0.157. The fourth-order valence-corrected chi connectivity index (χ4v) is 3.97. The molecule has 1 aromatic carbocycles. The molecule has 1 amide bonds. The number of hydrogen-bond donors (Lipinski definition) is 0. The van der Waals surface area contributed by atoms with Gasteiger partial charge in [0.25, 0.3) is 5.91 Å². The summed E-state index contributed by atoms with van der Waals surface area (Å²) in [7, 11) is 0. The van der Waals surface area contributed by atoms with Crippen LogP contribution in [0.4, 0.5) is 6.01 Å². The van der Waals surface area contributed by atoms with Gasteiger partial charge >= 0.3 is 6.01 Å². The third-order valence-electron chi connectivity index (χ3n) is 5.60. The molecule has 4 rings (SSSR count). The Labute approximate surface area is 147 Å². The van der Waals surface area contributed by atoms with E-state index in [1.54, 1.807) is 0 Å². The fourth-order valence-electron chi connectivity index (χ4n) is 3.97. The van der Waals surface area contributed by atoms with Crippen LogP contribution >= 0.6 is 0 Å². The molecular weight excluding hydrogens is 316 g/mol. The van der Waals surface area contributed by atoms with Crippen molar-refractivity contribution in [3.8, 4) is 0 Å². The van der Waals surface area contributed by atoms with Crippen molar-refractivity contribution < 1.29 is 9.21 Å². The van der Waals surface area contributed by atoms with Gasteiger partial charge < -0.3 is 14.2 Å². The number of piperidine rings is 1. The van der Waals surface area contributed by atoms with E-state index in [4.69, 9.17) is 4.42 Å². The van der Waals surface area contributed by atoms with Gasteiger partial charge in [0.15, 0.2) is 0 Å². The number of aromatic nitrogens is 2. The lowest BCUT2D eigenvalue weighted by molar-refractivity contribution is 0.0764. The zero-order chi connectivity index (χ0) is 17.3. The molecule has 0 bridgehead atoms. The summed E-state index contributed by atoms with van der Waals surface area (Å²) in [5.41, 5.74) is 1.03. The van der Waals surface area contributed by atoms with Crippen LogP contribution in [0.2, 0.25) is 0 Å². The van der Waals surface area contributed by atoms with Gasteiger partial charge in [-0.15, -0.1) is 5.10 Å². The quantitative estimate of drug-likeness (QED) is 0.860. The lowest BCUT2D eigenvalue weighted by Gasteiger charge is -2.38. The smallest absolute Gasteiger partial charge is 0.318 e. The second kappa shape index (κ2) is 6.50. The minimum absolute atomic E-state index is 0.157. The molecule has 2 aliphatic heterocycles. The van der Waals surface area contributed by atoms with Crippen LogP contribution in [-0.2, 0) is 6.42 Å². The normalized spacial score (nSPS) is 19.6. The first-order valence-electron chi connectivity index (χ1n) is 9.11. The molecule has 0 saturated carbocycles. The van der Waals surface area contributed by atoms with Gasteiger partial charge in [-0.2, -0.15) is 0 Å². The SMILES string of the molecule is CCc1nnc(N2CCC3(CCN(C(=O)c4ccccc4)C3)CC2)o1. The summed E-state index contributed by atoms with van der Waals surface area (Å²) >= 11 is 0. The molecule has 25 heavy (non-hydrogen) atoms. The standard InChI is InChI=1S/C19H24N4O2/c1-2-16-20-21-18(25-16)22-11-8-19(9-12-22)10-13-23(14-19)17(24)15-6-4-3-5-7-15/h3-7H,2,8-14H2,1H3. The highest BCUT2D eigenvalue weighted by atomic mass is 16.4. The van der Waals surface area contributed by atoms with Crippen LogP contribution < -0.4 is 4.90 Å². The Kier molecular flexibility index (Phi) is 4.19. The van der Waals surface area contributed by atoms with E-state index in [1.807, 2.05) is 42.2 Å². The molecule has 0 radical (unpaired) electrons. The van der Waals surface area contributed by atoms with Crippen molar-refractivity contribution in [1.82, 2.24) is 15.1 Å². The third-order valence-corrected chi connectivity index (χ3v) is 5.60. The zero-order valence-corrected chi connectivity index (χ0v) is 14.6. The molecule has 1 spiro atoms. The minimum Gasteiger partial charge on any atom is -0.408 e. The molecule has 0 N–H and O–H groups in total. The molecule has 2 saturated heterocycles. The first-order chi connectivity index (χ1) is 12.2. The van der Waals surface area contributed by atoms with Crippen LogP contribution in [0.1, 0.15) is 42.4 Å². The average molecular weight is 340 g/mol. The number of rotatable bonds is 3. The van der Waals surface area contributed by atoms with E-state index in [9.17, 15) is 4.79 Å². The van der Waals surface area contributed by atoms with Crippen LogP contribution in [-0.4, -0.2) is 47.2 Å². The summed E-state index contributed by atoms with van der Waals surface area (Å²) in [5, 5.41) is 8.21. The molecule has 2 aliphatic rings. The van der Waals surface area contributed by atoms with Gasteiger partial charge in [0.1, 0.15) is 0 Å². The van der Waals surface area contributed by atoms with Gasteiger partial charge in [-0.1, -0.05) is 30.2 Å². The number of nitrogens with zero attached hydrogens (tertiary/aromatic N) is 4. The van der Waals surface area contributed by atoms with E-state index in [-0.39, 0.29) is 11.3 Å². The summed E-state index contributed by atoms with van der Waals surface area (Å²) in [6.45, 7) is 5.56. The van der Waals surface area contributed by atoms with Gasteiger partial charge in [-0.3, -0.25) is 4.79 Å². The van der Waals surface area contributed by atoms with Crippen molar-refractivity contribution in [3.05, 3.63) is 41.8 Å². The number of hydrogen-bond acceptors (Lipinski definition) is 5. The van der Waals surface area contributed by atoms with E-state index in [0.29, 0.717) is 11.9 Å². The van der Waals surface area contributed by atoms with Crippen molar-refractivity contribution >= 4 is 11.9 Å². The first kappa shape index (κ1) is 16.1. The number of carbonyl (C=O) groups is 1. The summed E-state index contributed by atoms with van der Waals surface area (Å²) in [5.74, 6) is 0.847. The Bertz CT molecular complexity index is 735. The van der Waals surface area contributed by atoms with Crippen LogP contribution in [0, 0.1) is 5.41 Å². The van der Waals surface area contributed by atoms with E-state index in [2.05, 4.69) is 15.1 Å². The van der Waals surface area contributed by atoms with E-state index >= 15 is 0 Å². The molecule has 6 heteroatoms. The average Bonchev–Trinajstić information content (AvgIpc) is 3.30. The molecule has 2 fully saturated rings. The summed E-state index contributed by atoms with van der Waals surface area (Å²) < 4.78 is 5.68. The zero-order valence-electron chi connectivity index (χ0n) is 14.6. The lowest BCUT2D eigenvalue weighted by atomic mass is 9.78. The Balaban J connectivity index is 1.38. The van der Waals surface area contributed by atoms with Gasteiger partial charge in [-0.05, 0) is 36.8 Å². The highest BCUT2D eigenvalue weighted by molar-refractivity contribution is 5.94. The maximum absolute atomic E-state index is 12.7. The molecule has 3 heterocycles. The van der Waals surface area contributed by atoms with Crippen molar-refractivity contribution in [3.63, 3.8) is 0 Å². The Morgan fingerprint density at radius 1 is 1.12 bits per heavy atom. The predicted molar refractivity (Wildman–Crippen MR) is 94.5 cm³/mol. The van der Waals surface area contributed by atoms with Crippen molar-refractivity contribution in [1.29, 1.82) is 0 Å². The fraction of sp³-hybridized carbons (Fsp3) is 0.526. The number of carbonyl (C=O) groups excluding carboxylic acids is 1. The highest BCUT2D eigenvalue weighted by Gasteiger charge is 2.42. The van der Waals surface area contributed by atoms with E-state index in [1.165, 1.54) is 0 Å². The van der Waals surface area contributed by atoms with Crippen LogP contribution in [0.3, 0.4) is 0 Å². The number of likely N-dealkylation sites (tertiary alicyclic amines) is 1.